The zero-order valence-electron chi connectivity index (χ0n) is 16.8. The van der Waals surface area contributed by atoms with Gasteiger partial charge in [0.25, 0.3) is 11.8 Å². The maximum atomic E-state index is 13.2. The molecule has 1 aliphatic rings. The molecule has 0 atom stereocenters. The quantitative estimate of drug-likeness (QED) is 0.466. The fraction of sp³-hybridized carbons (Fsp3) is 0.368. The molecule has 3 aromatic rings. The largest absolute Gasteiger partial charge is 0.335 e. The van der Waals surface area contributed by atoms with Gasteiger partial charge in [0.15, 0.2) is 5.65 Å². The molecular formula is C19H20N6O4S. The molecule has 0 aliphatic carbocycles. The van der Waals surface area contributed by atoms with Crippen LogP contribution in [0.1, 0.15) is 31.4 Å². The number of amides is 2. The predicted molar refractivity (Wildman–Crippen MR) is 111 cm³/mol. The van der Waals surface area contributed by atoms with Gasteiger partial charge in [-0.1, -0.05) is 11.3 Å². The highest BCUT2D eigenvalue weighted by molar-refractivity contribution is 7.17. The minimum Gasteiger partial charge on any atom is -0.335 e. The van der Waals surface area contributed by atoms with Crippen molar-refractivity contribution in [1.82, 2.24) is 24.6 Å². The van der Waals surface area contributed by atoms with E-state index in [0.29, 0.717) is 42.3 Å². The van der Waals surface area contributed by atoms with Crippen molar-refractivity contribution in [3.63, 3.8) is 0 Å². The van der Waals surface area contributed by atoms with Gasteiger partial charge in [0.05, 0.1) is 26.4 Å². The Balaban J connectivity index is 1.50. The summed E-state index contributed by atoms with van der Waals surface area (Å²) in [6.45, 7) is 5.22. The molecule has 0 radical (unpaired) electrons. The van der Waals surface area contributed by atoms with E-state index in [4.69, 9.17) is 0 Å². The number of piperazine rings is 1. The Labute approximate surface area is 175 Å². The second kappa shape index (κ2) is 7.48. The number of thiophene rings is 1. The second-order valence-corrected chi connectivity index (χ2v) is 8.26. The number of rotatable bonds is 3. The van der Waals surface area contributed by atoms with Crippen molar-refractivity contribution in [2.24, 2.45) is 7.05 Å². The van der Waals surface area contributed by atoms with E-state index in [-0.39, 0.29) is 16.8 Å². The van der Waals surface area contributed by atoms with Crippen LogP contribution in [0.25, 0.3) is 11.0 Å². The molecule has 4 rings (SSSR count). The fourth-order valence-corrected chi connectivity index (χ4v) is 4.51. The van der Waals surface area contributed by atoms with Crippen molar-refractivity contribution in [1.29, 1.82) is 0 Å². The molecule has 2 amide bonds. The van der Waals surface area contributed by atoms with Crippen LogP contribution in [0.3, 0.4) is 0 Å². The molecule has 0 saturated carbocycles. The lowest BCUT2D eigenvalue weighted by atomic mass is 10.1. The van der Waals surface area contributed by atoms with Crippen molar-refractivity contribution in [3.05, 3.63) is 50.1 Å². The maximum absolute atomic E-state index is 13.2. The Morgan fingerprint density at radius 3 is 2.33 bits per heavy atom. The number of aromatic nitrogens is 3. The smallest absolute Gasteiger partial charge is 0.324 e. The third kappa shape index (κ3) is 3.41. The molecule has 0 unspecified atom stereocenters. The summed E-state index contributed by atoms with van der Waals surface area (Å²) in [5.41, 5.74) is 2.72. The highest BCUT2D eigenvalue weighted by Gasteiger charge is 2.29. The lowest BCUT2D eigenvalue weighted by Gasteiger charge is -2.34. The van der Waals surface area contributed by atoms with Gasteiger partial charge >= 0.3 is 5.00 Å². The van der Waals surface area contributed by atoms with Crippen LogP contribution >= 0.6 is 11.3 Å². The summed E-state index contributed by atoms with van der Waals surface area (Å²) >= 11 is 0.867. The normalized spacial score (nSPS) is 14.4. The number of hydrogen-bond donors (Lipinski definition) is 0. The molecule has 1 fully saturated rings. The summed E-state index contributed by atoms with van der Waals surface area (Å²) in [5.74, 6) is -0.356. The number of nitro groups is 1. The molecule has 0 N–H and O–H groups in total. The van der Waals surface area contributed by atoms with E-state index >= 15 is 0 Å². The number of carbonyl (C=O) groups excluding carboxylic acids is 2. The van der Waals surface area contributed by atoms with E-state index in [9.17, 15) is 19.7 Å². The van der Waals surface area contributed by atoms with Gasteiger partial charge in [-0.05, 0) is 26.0 Å². The van der Waals surface area contributed by atoms with E-state index in [1.54, 1.807) is 27.6 Å². The van der Waals surface area contributed by atoms with Gasteiger partial charge in [0, 0.05) is 45.0 Å². The third-order valence-corrected chi connectivity index (χ3v) is 6.19. The molecule has 1 aliphatic heterocycles. The second-order valence-electron chi connectivity index (χ2n) is 7.20. The van der Waals surface area contributed by atoms with E-state index in [0.717, 1.165) is 28.1 Å². The molecule has 11 heteroatoms. The van der Waals surface area contributed by atoms with Gasteiger partial charge in [-0.3, -0.25) is 24.4 Å². The monoisotopic (exact) mass is 428 g/mol. The maximum Gasteiger partial charge on any atom is 0.324 e. The number of aryl methyl sites for hydroxylation is 3. The molecule has 3 aromatic heterocycles. The first-order valence-electron chi connectivity index (χ1n) is 9.40. The SMILES string of the molecule is Cc1cc(C(=O)N2CCN(C(=O)c3ccc([N+](=O)[O-])s3)CC2)c2c(C)nn(C)c2n1. The first-order valence-corrected chi connectivity index (χ1v) is 10.2. The summed E-state index contributed by atoms with van der Waals surface area (Å²) in [5, 5.41) is 15.9. The number of hydrogen-bond acceptors (Lipinski definition) is 7. The van der Waals surface area contributed by atoms with Crippen LogP contribution in [0.5, 0.6) is 0 Å². The lowest BCUT2D eigenvalue weighted by Crippen LogP contribution is -2.50. The molecule has 10 nitrogen and oxygen atoms in total. The minimum atomic E-state index is -0.504. The van der Waals surface area contributed by atoms with Gasteiger partial charge in [-0.15, -0.1) is 0 Å². The number of pyridine rings is 1. The van der Waals surface area contributed by atoms with E-state index in [1.807, 2.05) is 13.8 Å². The zero-order valence-corrected chi connectivity index (χ0v) is 17.6. The number of nitrogens with zero attached hydrogens (tertiary/aromatic N) is 6. The van der Waals surface area contributed by atoms with Gasteiger partial charge < -0.3 is 9.80 Å². The van der Waals surface area contributed by atoms with Gasteiger partial charge in [0.1, 0.15) is 0 Å². The van der Waals surface area contributed by atoms with Crippen LogP contribution in [0, 0.1) is 24.0 Å². The molecule has 30 heavy (non-hydrogen) atoms. The van der Waals surface area contributed by atoms with Crippen molar-refractivity contribution in [2.45, 2.75) is 13.8 Å². The summed E-state index contributed by atoms with van der Waals surface area (Å²) < 4.78 is 1.67. The number of fused-ring (bicyclic) bond motifs is 1. The molecule has 0 bridgehead atoms. The summed E-state index contributed by atoms with van der Waals surface area (Å²) in [7, 11) is 1.80. The van der Waals surface area contributed by atoms with Crippen molar-refractivity contribution >= 4 is 39.2 Å². The summed E-state index contributed by atoms with van der Waals surface area (Å²) in [4.78, 5) is 44.4. The van der Waals surface area contributed by atoms with Crippen LogP contribution in [0.4, 0.5) is 5.00 Å². The molecule has 4 heterocycles. The molecule has 1 saturated heterocycles. The predicted octanol–water partition coefficient (Wildman–Crippen LogP) is 2.15. The lowest BCUT2D eigenvalue weighted by molar-refractivity contribution is -0.380. The Kier molecular flexibility index (Phi) is 4.98. The van der Waals surface area contributed by atoms with Crippen LogP contribution < -0.4 is 0 Å². The Morgan fingerprint density at radius 2 is 1.73 bits per heavy atom. The van der Waals surface area contributed by atoms with Crippen molar-refractivity contribution in [2.75, 3.05) is 26.2 Å². The van der Waals surface area contributed by atoms with E-state index in [1.165, 1.54) is 12.1 Å². The Morgan fingerprint density at radius 1 is 1.10 bits per heavy atom. The summed E-state index contributed by atoms with van der Waals surface area (Å²) in [6, 6.07) is 4.59. The van der Waals surface area contributed by atoms with E-state index in [2.05, 4.69) is 10.1 Å². The van der Waals surface area contributed by atoms with Crippen molar-refractivity contribution in [3.8, 4) is 0 Å². The molecule has 0 spiro atoms. The molecular weight excluding hydrogens is 408 g/mol. The third-order valence-electron chi connectivity index (χ3n) is 5.16. The van der Waals surface area contributed by atoms with Crippen LogP contribution in [-0.4, -0.2) is 67.5 Å². The average Bonchev–Trinajstić information content (AvgIpc) is 3.32. The van der Waals surface area contributed by atoms with Gasteiger partial charge in [-0.2, -0.15) is 5.10 Å². The van der Waals surface area contributed by atoms with Gasteiger partial charge in [-0.25, -0.2) is 4.98 Å². The Hall–Kier alpha value is -3.34. The average molecular weight is 428 g/mol. The van der Waals surface area contributed by atoms with E-state index < -0.39 is 4.92 Å². The van der Waals surface area contributed by atoms with Crippen LogP contribution in [0.2, 0.25) is 0 Å². The highest BCUT2D eigenvalue weighted by Crippen LogP contribution is 2.26. The molecule has 156 valence electrons. The first kappa shape index (κ1) is 20.0. The zero-order chi connectivity index (χ0) is 21.6. The fourth-order valence-electron chi connectivity index (χ4n) is 3.72. The topological polar surface area (TPSA) is 114 Å². The summed E-state index contributed by atoms with van der Waals surface area (Å²) in [6.07, 6.45) is 0. The number of carbonyl (C=O) groups is 2. The van der Waals surface area contributed by atoms with Gasteiger partial charge in [0.2, 0.25) is 0 Å². The highest BCUT2D eigenvalue weighted by atomic mass is 32.1. The van der Waals surface area contributed by atoms with Crippen LogP contribution in [0.15, 0.2) is 18.2 Å². The van der Waals surface area contributed by atoms with Crippen LogP contribution in [-0.2, 0) is 7.05 Å². The van der Waals surface area contributed by atoms with Crippen molar-refractivity contribution < 1.29 is 14.5 Å². The Bertz CT molecular complexity index is 1180. The first-order chi connectivity index (χ1) is 14.3. The minimum absolute atomic E-state index is 0.0592. The molecule has 0 aromatic carbocycles. The standard InChI is InChI=1S/C19H20N6O4S/c1-11-10-13(16-12(2)21-22(3)17(16)20-11)18(26)23-6-8-24(9-7-23)19(27)14-4-5-15(30-14)25(28)29/h4-5,10H,6-9H2,1-3H3.